The molecule has 1 atom stereocenters. The molecule has 5 rings (SSSR count). The highest BCUT2D eigenvalue weighted by atomic mass is 19.1. The smallest absolute Gasteiger partial charge is 0.341 e. The first kappa shape index (κ1) is 21.5. The minimum absolute atomic E-state index is 0.00617. The fourth-order valence-corrected chi connectivity index (χ4v) is 3.98. The fourth-order valence-electron chi connectivity index (χ4n) is 3.98. The van der Waals surface area contributed by atoms with Gasteiger partial charge in [0.05, 0.1) is 16.8 Å². The summed E-state index contributed by atoms with van der Waals surface area (Å²) in [5.74, 6) is -2.83. The zero-order valence-electron chi connectivity index (χ0n) is 17.8. The molecule has 0 spiro atoms. The third kappa shape index (κ3) is 3.73. The first-order valence-electron chi connectivity index (χ1n) is 10.7. The van der Waals surface area contributed by atoms with E-state index < -0.39 is 29.6 Å². The van der Waals surface area contributed by atoms with Crippen molar-refractivity contribution in [2.24, 2.45) is 0 Å². The number of anilines is 1. The Kier molecular flexibility index (Phi) is 5.20. The van der Waals surface area contributed by atoms with Crippen LogP contribution in [0.2, 0.25) is 0 Å². The van der Waals surface area contributed by atoms with Gasteiger partial charge in [0.2, 0.25) is 6.10 Å². The van der Waals surface area contributed by atoms with Gasteiger partial charge in [-0.2, -0.15) is 0 Å². The highest BCUT2D eigenvalue weighted by molar-refractivity contribution is 6.30. The molecule has 2 aliphatic rings. The zero-order chi connectivity index (χ0) is 24.0. The number of hydrogen-bond donors (Lipinski definition) is 2. The van der Waals surface area contributed by atoms with Crippen molar-refractivity contribution in [3.8, 4) is 0 Å². The third-order valence-corrected chi connectivity index (χ3v) is 5.91. The van der Waals surface area contributed by atoms with Crippen molar-refractivity contribution in [1.29, 1.82) is 0 Å². The van der Waals surface area contributed by atoms with Gasteiger partial charge in [-0.05, 0) is 37.1 Å². The van der Waals surface area contributed by atoms with E-state index >= 15 is 0 Å². The van der Waals surface area contributed by atoms with E-state index in [1.165, 1.54) is 30.3 Å². The highest BCUT2D eigenvalue weighted by Crippen LogP contribution is 2.34. The van der Waals surface area contributed by atoms with E-state index in [1.54, 1.807) is 18.2 Å². The molecule has 1 unspecified atom stereocenters. The molecule has 0 aliphatic heterocycles. The number of nitrogens with one attached hydrogen (secondary N) is 1. The van der Waals surface area contributed by atoms with Gasteiger partial charge in [0.25, 0.3) is 5.91 Å². The fraction of sp³-hybridized carbons (Fsp3) is 0.154. The van der Waals surface area contributed by atoms with Crippen molar-refractivity contribution in [3.63, 3.8) is 0 Å². The molecular weight excluding hydrogens is 439 g/mol. The van der Waals surface area contributed by atoms with Crippen molar-refractivity contribution in [3.05, 3.63) is 99.9 Å². The van der Waals surface area contributed by atoms with Crippen LogP contribution in [0.5, 0.6) is 0 Å². The summed E-state index contributed by atoms with van der Waals surface area (Å²) in [4.78, 5) is 51.8. The number of fused-ring (bicyclic) bond motifs is 2. The van der Waals surface area contributed by atoms with E-state index in [-0.39, 0.29) is 50.9 Å². The van der Waals surface area contributed by atoms with E-state index in [4.69, 9.17) is 10.5 Å². The van der Waals surface area contributed by atoms with Gasteiger partial charge in [-0.25, -0.2) is 9.18 Å². The van der Waals surface area contributed by atoms with Crippen LogP contribution in [-0.4, -0.2) is 29.5 Å². The number of nitrogen functional groups attached to an aromatic ring is 1. The number of esters is 1. The standard InChI is InChI=1S/C26H19FN2O5/c27-14-7-5-13(6-8-14)24(25(32)29-15-9-10-15)34-26(33)19-12-11-18-20(21(19)28)23(31)17-4-2-1-3-16(17)22(18)30/h1-8,11-12,15,24H,9-10,28H2,(H,29,32). The summed E-state index contributed by atoms with van der Waals surface area (Å²) < 4.78 is 18.9. The Morgan fingerprint density at radius 1 is 0.912 bits per heavy atom. The lowest BCUT2D eigenvalue weighted by atomic mass is 9.82. The average Bonchev–Trinajstić information content (AvgIpc) is 3.65. The summed E-state index contributed by atoms with van der Waals surface area (Å²) in [6.07, 6.45) is 0.304. The van der Waals surface area contributed by atoms with Crippen molar-refractivity contribution < 1.29 is 28.3 Å². The number of carbonyl (C=O) groups excluding carboxylic acids is 4. The van der Waals surface area contributed by atoms with Gasteiger partial charge in [0.1, 0.15) is 5.82 Å². The molecule has 0 bridgehead atoms. The highest BCUT2D eigenvalue weighted by Gasteiger charge is 2.35. The summed E-state index contributed by atoms with van der Waals surface area (Å²) >= 11 is 0. The predicted molar refractivity (Wildman–Crippen MR) is 120 cm³/mol. The quantitative estimate of drug-likeness (QED) is 0.350. The number of ether oxygens (including phenoxy) is 1. The molecule has 2 aliphatic carbocycles. The number of benzene rings is 3. The second-order valence-corrected chi connectivity index (χ2v) is 8.27. The molecule has 0 heterocycles. The van der Waals surface area contributed by atoms with Gasteiger partial charge in [0, 0.05) is 28.3 Å². The van der Waals surface area contributed by atoms with Crippen LogP contribution in [0.15, 0.2) is 60.7 Å². The minimum Gasteiger partial charge on any atom is -0.444 e. The van der Waals surface area contributed by atoms with E-state index in [0.717, 1.165) is 25.0 Å². The van der Waals surface area contributed by atoms with E-state index in [1.807, 2.05) is 0 Å². The molecule has 8 heteroatoms. The Hall–Kier alpha value is -4.33. The SMILES string of the molecule is Nc1c(C(=O)OC(C(=O)NC2CC2)c2ccc(F)cc2)ccc2c1C(=O)c1ccccc1C2=O. The molecule has 1 saturated carbocycles. The van der Waals surface area contributed by atoms with Crippen molar-refractivity contribution in [2.75, 3.05) is 5.73 Å². The molecular formula is C26H19FN2O5. The maximum atomic E-state index is 13.4. The molecule has 1 amide bonds. The van der Waals surface area contributed by atoms with Gasteiger partial charge < -0.3 is 15.8 Å². The van der Waals surface area contributed by atoms with Crippen LogP contribution >= 0.6 is 0 Å². The van der Waals surface area contributed by atoms with Crippen LogP contribution in [0.1, 0.15) is 66.7 Å². The topological polar surface area (TPSA) is 116 Å². The second kappa shape index (κ2) is 8.22. The summed E-state index contributed by atoms with van der Waals surface area (Å²) in [6.45, 7) is 0. The molecule has 3 aromatic rings. The lowest BCUT2D eigenvalue weighted by molar-refractivity contribution is -0.130. The Balaban J connectivity index is 1.49. The predicted octanol–water partition coefficient (Wildman–Crippen LogP) is 3.36. The molecule has 3 N–H and O–H groups in total. The Labute approximate surface area is 193 Å². The first-order chi connectivity index (χ1) is 16.3. The maximum Gasteiger partial charge on any atom is 0.341 e. The molecule has 170 valence electrons. The van der Waals surface area contributed by atoms with E-state index in [2.05, 4.69) is 5.32 Å². The first-order valence-corrected chi connectivity index (χ1v) is 10.7. The van der Waals surface area contributed by atoms with E-state index in [9.17, 15) is 23.6 Å². The third-order valence-electron chi connectivity index (χ3n) is 5.91. The summed E-state index contributed by atoms with van der Waals surface area (Å²) in [5, 5.41) is 2.77. The van der Waals surface area contributed by atoms with Gasteiger partial charge in [0.15, 0.2) is 11.6 Å². The summed E-state index contributed by atoms with van der Waals surface area (Å²) in [5.41, 5.74) is 6.62. The molecule has 1 fully saturated rings. The largest absolute Gasteiger partial charge is 0.444 e. The van der Waals surface area contributed by atoms with Crippen molar-refractivity contribution in [1.82, 2.24) is 5.32 Å². The lowest BCUT2D eigenvalue weighted by Gasteiger charge is -2.22. The van der Waals surface area contributed by atoms with E-state index in [0.29, 0.717) is 0 Å². The molecule has 0 aromatic heterocycles. The Morgan fingerprint density at radius 3 is 2.21 bits per heavy atom. The summed E-state index contributed by atoms with van der Waals surface area (Å²) in [6, 6.07) is 14.1. The molecule has 34 heavy (non-hydrogen) atoms. The Bertz CT molecular complexity index is 1360. The van der Waals surface area contributed by atoms with Crippen LogP contribution < -0.4 is 11.1 Å². The van der Waals surface area contributed by atoms with Crippen molar-refractivity contribution in [2.45, 2.75) is 25.0 Å². The van der Waals surface area contributed by atoms with Crippen LogP contribution in [-0.2, 0) is 9.53 Å². The second-order valence-electron chi connectivity index (χ2n) is 8.27. The number of rotatable bonds is 5. The Morgan fingerprint density at radius 2 is 1.56 bits per heavy atom. The van der Waals surface area contributed by atoms with Crippen LogP contribution in [0.25, 0.3) is 0 Å². The van der Waals surface area contributed by atoms with Gasteiger partial charge in [-0.1, -0.05) is 36.4 Å². The number of halogens is 1. The number of nitrogens with two attached hydrogens (primary N) is 1. The molecule has 7 nitrogen and oxygen atoms in total. The van der Waals surface area contributed by atoms with Gasteiger partial charge in [-0.15, -0.1) is 0 Å². The molecule has 3 aromatic carbocycles. The maximum absolute atomic E-state index is 13.4. The summed E-state index contributed by atoms with van der Waals surface area (Å²) in [7, 11) is 0. The van der Waals surface area contributed by atoms with Crippen LogP contribution in [0.4, 0.5) is 10.1 Å². The van der Waals surface area contributed by atoms with Gasteiger partial charge in [-0.3, -0.25) is 14.4 Å². The molecule has 0 saturated heterocycles. The zero-order valence-corrected chi connectivity index (χ0v) is 17.8. The van der Waals surface area contributed by atoms with Gasteiger partial charge >= 0.3 is 5.97 Å². The minimum atomic E-state index is -1.35. The lowest BCUT2D eigenvalue weighted by Crippen LogP contribution is -2.34. The van der Waals surface area contributed by atoms with Crippen LogP contribution in [0, 0.1) is 5.82 Å². The number of amides is 1. The monoisotopic (exact) mass is 458 g/mol. The van der Waals surface area contributed by atoms with Crippen molar-refractivity contribution >= 4 is 29.1 Å². The normalized spacial score (nSPS) is 15.2. The van der Waals surface area contributed by atoms with Crippen LogP contribution in [0.3, 0.4) is 0 Å². The number of ketones is 2. The number of carbonyl (C=O) groups is 4. The number of hydrogen-bond acceptors (Lipinski definition) is 6. The average molecular weight is 458 g/mol. The molecule has 0 radical (unpaired) electrons.